The minimum absolute atomic E-state index is 0.0116. The lowest BCUT2D eigenvalue weighted by atomic mass is 10.1. The van der Waals surface area contributed by atoms with Crippen molar-refractivity contribution in [2.24, 2.45) is 0 Å². The lowest BCUT2D eigenvalue weighted by molar-refractivity contribution is -0.141. The van der Waals surface area contributed by atoms with Crippen LogP contribution >= 0.6 is 0 Å². The predicted molar refractivity (Wildman–Crippen MR) is 81.8 cm³/mol. The van der Waals surface area contributed by atoms with Crippen LogP contribution < -0.4 is 5.32 Å². The largest absolute Gasteiger partial charge is 0.480 e. The number of nitrogens with one attached hydrogen (secondary N) is 1. The first-order valence-electron chi connectivity index (χ1n) is 7.25. The lowest BCUT2D eigenvalue weighted by Gasteiger charge is -2.27. The van der Waals surface area contributed by atoms with Crippen LogP contribution in [0.15, 0.2) is 18.2 Å². The number of anilines is 1. The molecule has 1 aliphatic rings. The fourth-order valence-corrected chi connectivity index (χ4v) is 2.40. The Morgan fingerprint density at radius 1 is 1.32 bits per heavy atom. The molecule has 1 aromatic carbocycles. The van der Waals surface area contributed by atoms with E-state index >= 15 is 0 Å². The van der Waals surface area contributed by atoms with Crippen LogP contribution in [0.2, 0.25) is 0 Å². The Morgan fingerprint density at radius 3 is 2.45 bits per heavy atom. The molecule has 0 aromatic heterocycles. The molecule has 0 saturated heterocycles. The molecule has 1 aliphatic carbocycles. The van der Waals surface area contributed by atoms with Gasteiger partial charge in [0.15, 0.2) is 0 Å². The van der Waals surface area contributed by atoms with Crippen LogP contribution in [0.5, 0.6) is 0 Å². The van der Waals surface area contributed by atoms with E-state index in [1.165, 1.54) is 18.7 Å². The van der Waals surface area contributed by atoms with Gasteiger partial charge in [0.2, 0.25) is 5.91 Å². The van der Waals surface area contributed by atoms with Gasteiger partial charge < -0.3 is 15.3 Å². The van der Waals surface area contributed by atoms with Gasteiger partial charge in [-0.25, -0.2) is 4.79 Å². The first-order chi connectivity index (χ1) is 10.3. The minimum Gasteiger partial charge on any atom is -0.480 e. The smallest absolute Gasteiger partial charge is 0.326 e. The molecule has 6 heteroatoms. The van der Waals surface area contributed by atoms with Crippen molar-refractivity contribution in [1.82, 2.24) is 4.90 Å². The topological polar surface area (TPSA) is 86.7 Å². The van der Waals surface area contributed by atoms with Crippen LogP contribution in [-0.4, -0.2) is 39.9 Å². The summed E-state index contributed by atoms with van der Waals surface area (Å²) in [6.45, 7) is 4.71. The van der Waals surface area contributed by atoms with Crippen molar-refractivity contribution in [2.45, 2.75) is 45.7 Å². The monoisotopic (exact) mass is 304 g/mol. The molecule has 1 aromatic rings. The number of carbonyl (C=O) groups is 3. The number of aliphatic carboxylic acids is 1. The van der Waals surface area contributed by atoms with Crippen molar-refractivity contribution >= 4 is 23.5 Å². The quantitative estimate of drug-likeness (QED) is 0.871. The molecule has 118 valence electrons. The number of carbonyl (C=O) groups excluding carboxylic acids is 2. The second-order valence-electron chi connectivity index (χ2n) is 5.67. The van der Waals surface area contributed by atoms with Crippen LogP contribution in [0.1, 0.15) is 42.6 Å². The summed E-state index contributed by atoms with van der Waals surface area (Å²) in [6.07, 6.45) is 1.65. The van der Waals surface area contributed by atoms with Crippen LogP contribution in [-0.2, 0) is 9.59 Å². The fraction of sp³-hybridized carbons (Fsp3) is 0.438. The molecule has 6 nitrogen and oxygen atoms in total. The van der Waals surface area contributed by atoms with E-state index in [-0.39, 0.29) is 17.9 Å². The second kappa shape index (κ2) is 6.17. The number of hydrogen-bond acceptors (Lipinski definition) is 3. The van der Waals surface area contributed by atoms with Crippen LogP contribution in [0, 0.1) is 6.92 Å². The highest BCUT2D eigenvalue weighted by Gasteiger charge is 2.39. The maximum atomic E-state index is 12.8. The van der Waals surface area contributed by atoms with Crippen molar-refractivity contribution in [2.75, 3.05) is 5.32 Å². The average molecular weight is 304 g/mol. The van der Waals surface area contributed by atoms with Gasteiger partial charge >= 0.3 is 5.97 Å². The van der Waals surface area contributed by atoms with Crippen molar-refractivity contribution < 1.29 is 19.5 Å². The second-order valence-corrected chi connectivity index (χ2v) is 5.67. The number of benzene rings is 1. The van der Waals surface area contributed by atoms with E-state index in [0.717, 1.165) is 18.4 Å². The third-order valence-corrected chi connectivity index (χ3v) is 3.74. The average Bonchev–Trinajstić information content (AvgIpc) is 3.24. The van der Waals surface area contributed by atoms with E-state index in [1.807, 2.05) is 0 Å². The zero-order chi connectivity index (χ0) is 16.4. The molecule has 1 fully saturated rings. The summed E-state index contributed by atoms with van der Waals surface area (Å²) in [7, 11) is 0. The molecule has 0 spiro atoms. The molecule has 0 aliphatic heterocycles. The number of rotatable bonds is 5. The maximum Gasteiger partial charge on any atom is 0.326 e. The van der Waals surface area contributed by atoms with Crippen LogP contribution in [0.25, 0.3) is 0 Å². The number of aryl methyl sites for hydroxylation is 1. The summed E-state index contributed by atoms with van der Waals surface area (Å²) in [5, 5.41) is 11.9. The van der Waals surface area contributed by atoms with Gasteiger partial charge in [-0.3, -0.25) is 9.59 Å². The molecule has 2 N–H and O–H groups in total. The van der Waals surface area contributed by atoms with Crippen molar-refractivity contribution in [3.63, 3.8) is 0 Å². The molecule has 1 atom stereocenters. The van der Waals surface area contributed by atoms with E-state index in [2.05, 4.69) is 5.32 Å². The Labute approximate surface area is 129 Å². The summed E-state index contributed by atoms with van der Waals surface area (Å²) in [6, 6.07) is 4.18. The Morgan fingerprint density at radius 2 is 1.95 bits per heavy atom. The van der Waals surface area contributed by atoms with Gasteiger partial charge in [0.25, 0.3) is 5.91 Å². The van der Waals surface area contributed by atoms with E-state index in [1.54, 1.807) is 25.1 Å². The summed E-state index contributed by atoms with van der Waals surface area (Å²) in [5.74, 6) is -1.54. The summed E-state index contributed by atoms with van der Waals surface area (Å²) in [4.78, 5) is 36.6. The van der Waals surface area contributed by atoms with Gasteiger partial charge in [-0.15, -0.1) is 0 Å². The number of nitrogens with zero attached hydrogens (tertiary/aromatic N) is 1. The normalized spacial score (nSPS) is 15.0. The van der Waals surface area contributed by atoms with Gasteiger partial charge in [-0.05, 0) is 44.4 Å². The van der Waals surface area contributed by atoms with E-state index in [0.29, 0.717) is 11.3 Å². The first kappa shape index (κ1) is 16.0. The Hall–Kier alpha value is -2.37. The highest BCUT2D eigenvalue weighted by atomic mass is 16.4. The van der Waals surface area contributed by atoms with E-state index in [4.69, 9.17) is 0 Å². The molecule has 2 rings (SSSR count). The SMILES string of the molecule is CC(=O)Nc1ccc(C)c(C(=O)N(C2CC2)C(C)C(=O)O)c1. The van der Waals surface area contributed by atoms with Gasteiger partial charge in [-0.1, -0.05) is 6.07 Å². The molecule has 0 bridgehead atoms. The standard InChI is InChI=1S/C16H20N2O4/c1-9-4-5-12(17-11(3)19)8-14(9)15(20)18(13-6-7-13)10(2)16(21)22/h4-5,8,10,13H,6-7H2,1-3H3,(H,17,19)(H,21,22). The minimum atomic E-state index is -1.02. The number of carboxylic acid groups (broad SMARTS) is 1. The zero-order valence-corrected chi connectivity index (χ0v) is 12.9. The first-order valence-corrected chi connectivity index (χ1v) is 7.25. The van der Waals surface area contributed by atoms with E-state index < -0.39 is 12.0 Å². The molecule has 0 radical (unpaired) electrons. The van der Waals surface area contributed by atoms with Gasteiger partial charge in [0.05, 0.1) is 0 Å². The fourth-order valence-electron chi connectivity index (χ4n) is 2.40. The molecule has 0 heterocycles. The molecule has 1 saturated carbocycles. The molecule has 2 amide bonds. The van der Waals surface area contributed by atoms with E-state index in [9.17, 15) is 19.5 Å². The third-order valence-electron chi connectivity index (χ3n) is 3.74. The molecular formula is C16H20N2O4. The highest BCUT2D eigenvalue weighted by Crippen LogP contribution is 2.31. The number of carboxylic acids is 1. The van der Waals surface area contributed by atoms with Gasteiger partial charge in [-0.2, -0.15) is 0 Å². The van der Waals surface area contributed by atoms with Crippen LogP contribution in [0.4, 0.5) is 5.69 Å². The van der Waals surface area contributed by atoms with Crippen LogP contribution in [0.3, 0.4) is 0 Å². The van der Waals surface area contributed by atoms with Gasteiger partial charge in [0, 0.05) is 24.2 Å². The predicted octanol–water partition coefficient (Wildman–Crippen LogP) is 2.03. The lowest BCUT2D eigenvalue weighted by Crippen LogP contribution is -2.45. The molecule has 1 unspecified atom stereocenters. The molecular weight excluding hydrogens is 284 g/mol. The Bertz CT molecular complexity index is 623. The molecule has 22 heavy (non-hydrogen) atoms. The summed E-state index contributed by atoms with van der Waals surface area (Å²) in [5.41, 5.74) is 1.70. The summed E-state index contributed by atoms with van der Waals surface area (Å²) < 4.78 is 0. The highest BCUT2D eigenvalue weighted by molar-refractivity contribution is 6.00. The third kappa shape index (κ3) is 3.44. The summed E-state index contributed by atoms with van der Waals surface area (Å²) >= 11 is 0. The van der Waals surface area contributed by atoms with Gasteiger partial charge in [0.1, 0.15) is 6.04 Å². The Balaban J connectivity index is 2.33. The number of hydrogen-bond donors (Lipinski definition) is 2. The zero-order valence-electron chi connectivity index (χ0n) is 12.9. The van der Waals surface area contributed by atoms with Crippen molar-refractivity contribution in [1.29, 1.82) is 0 Å². The van der Waals surface area contributed by atoms with Crippen molar-refractivity contribution in [3.8, 4) is 0 Å². The Kier molecular flexibility index (Phi) is 4.49. The maximum absolute atomic E-state index is 12.8. The van der Waals surface area contributed by atoms with Crippen molar-refractivity contribution in [3.05, 3.63) is 29.3 Å². The number of amides is 2.